The predicted octanol–water partition coefficient (Wildman–Crippen LogP) is 1.13. The van der Waals surface area contributed by atoms with Crippen molar-refractivity contribution in [2.75, 3.05) is 0 Å². The van der Waals surface area contributed by atoms with E-state index in [4.69, 9.17) is 14.7 Å². The molecule has 0 unspecified atom stereocenters. The first-order valence-corrected chi connectivity index (χ1v) is 6.54. The Bertz CT molecular complexity index is 513. The number of rotatable bonds is 2. The van der Waals surface area contributed by atoms with E-state index in [1.54, 1.807) is 20.8 Å². The second-order valence-electron chi connectivity index (χ2n) is 6.35. The Kier molecular flexibility index (Phi) is 3.32. The molecule has 0 aromatic rings. The average molecular weight is 279 g/mol. The van der Waals surface area contributed by atoms with Crippen LogP contribution in [0.4, 0.5) is 0 Å². The summed E-state index contributed by atoms with van der Waals surface area (Å²) in [5, 5.41) is 9.07. The minimum atomic E-state index is -1.51. The largest absolute Gasteiger partial charge is 0.460 e. The van der Waals surface area contributed by atoms with Crippen LogP contribution in [0.1, 0.15) is 40.0 Å². The van der Waals surface area contributed by atoms with Crippen molar-refractivity contribution in [3.8, 4) is 6.07 Å². The van der Waals surface area contributed by atoms with Crippen molar-refractivity contribution in [3.63, 3.8) is 0 Å². The maximum absolute atomic E-state index is 12.1. The van der Waals surface area contributed by atoms with Gasteiger partial charge in [-0.05, 0) is 20.8 Å². The Hall–Kier alpha value is -1.90. The van der Waals surface area contributed by atoms with Crippen LogP contribution in [0, 0.1) is 23.2 Å². The third-order valence-electron chi connectivity index (χ3n) is 3.56. The smallest absolute Gasteiger partial charge is 0.311 e. The quantitative estimate of drug-likeness (QED) is 0.703. The third kappa shape index (κ3) is 2.53. The molecule has 0 aromatic carbocycles. The number of ether oxygens (including phenoxy) is 2. The highest BCUT2D eigenvalue weighted by molar-refractivity contribution is 6.00. The molecule has 3 rings (SSSR count). The Balaban J connectivity index is 2.19. The molecular weight excluding hydrogens is 262 g/mol. The summed E-state index contributed by atoms with van der Waals surface area (Å²) < 4.78 is 10.3. The van der Waals surface area contributed by atoms with Crippen LogP contribution >= 0.6 is 0 Å². The van der Waals surface area contributed by atoms with Gasteiger partial charge in [0.25, 0.3) is 0 Å². The standard InChI is InChI=1S/C14H17NO5/c1-13(2,3)19-11(17)6-14-5-8(7-15)9(4-10(14)16)12(18)20-14/h8-9H,4-6H2,1-3H3/t8-,9+,14-/m1/s1. The predicted molar refractivity (Wildman–Crippen MR) is 66.1 cm³/mol. The van der Waals surface area contributed by atoms with Gasteiger partial charge in [-0.3, -0.25) is 14.4 Å². The van der Waals surface area contributed by atoms with Crippen LogP contribution in [0.5, 0.6) is 0 Å². The molecule has 108 valence electrons. The third-order valence-corrected chi connectivity index (χ3v) is 3.56. The Morgan fingerprint density at radius 1 is 1.50 bits per heavy atom. The van der Waals surface area contributed by atoms with E-state index in [0.29, 0.717) is 0 Å². The number of Topliss-reactive ketones (excluding diaryl/α,β-unsaturated/α-hetero) is 1. The second kappa shape index (κ2) is 4.58. The number of fused-ring (bicyclic) bond motifs is 3. The highest BCUT2D eigenvalue weighted by Crippen LogP contribution is 2.45. The molecule has 6 nitrogen and oxygen atoms in total. The first-order valence-electron chi connectivity index (χ1n) is 6.54. The van der Waals surface area contributed by atoms with Crippen LogP contribution in [-0.4, -0.2) is 28.9 Å². The van der Waals surface area contributed by atoms with Crippen molar-refractivity contribution < 1.29 is 23.9 Å². The van der Waals surface area contributed by atoms with Gasteiger partial charge >= 0.3 is 11.9 Å². The first-order chi connectivity index (χ1) is 9.17. The van der Waals surface area contributed by atoms with Crippen LogP contribution in [0.15, 0.2) is 0 Å². The lowest BCUT2D eigenvalue weighted by molar-refractivity contribution is -0.200. The maximum Gasteiger partial charge on any atom is 0.311 e. The average Bonchev–Trinajstić information content (AvgIpc) is 2.28. The van der Waals surface area contributed by atoms with Crippen molar-refractivity contribution in [1.82, 2.24) is 0 Å². The molecule has 2 saturated heterocycles. The Labute approximate surface area is 117 Å². The number of hydrogen-bond acceptors (Lipinski definition) is 6. The SMILES string of the molecule is CC(C)(C)OC(=O)C[C@]12C[C@H](C#N)[C@H](CC1=O)C(=O)O2. The lowest BCUT2D eigenvalue weighted by Crippen LogP contribution is -2.59. The summed E-state index contributed by atoms with van der Waals surface area (Å²) in [7, 11) is 0. The normalized spacial score (nSPS) is 32.5. The zero-order chi connectivity index (χ0) is 15.1. The van der Waals surface area contributed by atoms with Gasteiger partial charge in [0.2, 0.25) is 0 Å². The number of ketones is 1. The number of esters is 2. The van der Waals surface area contributed by atoms with E-state index in [2.05, 4.69) is 0 Å². The molecule has 3 aliphatic rings. The number of carbonyl (C=O) groups is 3. The molecule has 20 heavy (non-hydrogen) atoms. The monoisotopic (exact) mass is 279 g/mol. The fourth-order valence-corrected chi connectivity index (χ4v) is 2.71. The molecule has 3 fully saturated rings. The minimum absolute atomic E-state index is 0.0279. The van der Waals surface area contributed by atoms with E-state index in [9.17, 15) is 14.4 Å². The van der Waals surface area contributed by atoms with Crippen molar-refractivity contribution in [2.45, 2.75) is 51.2 Å². The van der Waals surface area contributed by atoms with Gasteiger partial charge in [-0.1, -0.05) is 0 Å². The molecule has 2 aliphatic heterocycles. The molecule has 0 amide bonds. The number of nitrogens with zero attached hydrogens (tertiary/aromatic N) is 1. The lowest BCUT2D eigenvalue weighted by Gasteiger charge is -2.45. The van der Waals surface area contributed by atoms with E-state index >= 15 is 0 Å². The summed E-state index contributed by atoms with van der Waals surface area (Å²) >= 11 is 0. The molecule has 6 heteroatoms. The van der Waals surface area contributed by atoms with Gasteiger partial charge in [0.05, 0.1) is 24.3 Å². The van der Waals surface area contributed by atoms with Gasteiger partial charge in [-0.15, -0.1) is 0 Å². The number of carbonyl (C=O) groups excluding carboxylic acids is 3. The van der Waals surface area contributed by atoms with Gasteiger partial charge in [0.15, 0.2) is 11.4 Å². The zero-order valence-corrected chi connectivity index (χ0v) is 11.8. The van der Waals surface area contributed by atoms with E-state index < -0.39 is 35.0 Å². The number of hydrogen-bond donors (Lipinski definition) is 0. The van der Waals surface area contributed by atoms with Crippen molar-refractivity contribution >= 4 is 17.7 Å². The van der Waals surface area contributed by atoms with Crippen molar-refractivity contribution in [2.24, 2.45) is 11.8 Å². The molecule has 3 atom stereocenters. The maximum atomic E-state index is 12.1. The summed E-state index contributed by atoms with van der Waals surface area (Å²) in [5.41, 5.74) is -2.18. The number of nitriles is 1. The van der Waals surface area contributed by atoms with Crippen LogP contribution in [0.25, 0.3) is 0 Å². The van der Waals surface area contributed by atoms with E-state index in [-0.39, 0.29) is 25.0 Å². The second-order valence-corrected chi connectivity index (χ2v) is 6.35. The molecule has 0 aromatic heterocycles. The van der Waals surface area contributed by atoms with Crippen LogP contribution in [-0.2, 0) is 23.9 Å². The summed E-state index contributed by atoms with van der Waals surface area (Å²) in [6.07, 6.45) is -0.266. The van der Waals surface area contributed by atoms with E-state index in [0.717, 1.165) is 0 Å². The van der Waals surface area contributed by atoms with Gasteiger partial charge in [0.1, 0.15) is 5.60 Å². The van der Waals surface area contributed by atoms with E-state index in [1.807, 2.05) is 6.07 Å². The topological polar surface area (TPSA) is 93.5 Å². The highest BCUT2D eigenvalue weighted by Gasteiger charge is 2.59. The molecule has 1 aliphatic carbocycles. The fraction of sp³-hybridized carbons (Fsp3) is 0.714. The molecule has 2 bridgehead atoms. The highest BCUT2D eigenvalue weighted by atomic mass is 16.6. The van der Waals surface area contributed by atoms with Gasteiger partial charge in [-0.25, -0.2) is 0 Å². The molecule has 2 heterocycles. The summed E-state index contributed by atoms with van der Waals surface area (Å²) in [6, 6.07) is 2.03. The Morgan fingerprint density at radius 2 is 2.15 bits per heavy atom. The van der Waals surface area contributed by atoms with Crippen LogP contribution in [0.2, 0.25) is 0 Å². The first kappa shape index (κ1) is 14.5. The fourth-order valence-electron chi connectivity index (χ4n) is 2.71. The minimum Gasteiger partial charge on any atom is -0.460 e. The van der Waals surface area contributed by atoms with Gasteiger partial charge in [-0.2, -0.15) is 5.26 Å². The molecule has 0 spiro atoms. The zero-order valence-electron chi connectivity index (χ0n) is 11.8. The van der Waals surface area contributed by atoms with Gasteiger partial charge in [0, 0.05) is 12.8 Å². The molecule has 1 saturated carbocycles. The van der Waals surface area contributed by atoms with Crippen LogP contribution in [0.3, 0.4) is 0 Å². The summed E-state index contributed by atoms with van der Waals surface area (Å²) in [5.74, 6) is -2.72. The molecular formula is C14H17NO5. The summed E-state index contributed by atoms with van der Waals surface area (Å²) in [6.45, 7) is 5.14. The van der Waals surface area contributed by atoms with E-state index in [1.165, 1.54) is 0 Å². The lowest BCUT2D eigenvalue weighted by atomic mass is 9.67. The van der Waals surface area contributed by atoms with Crippen LogP contribution < -0.4 is 0 Å². The Morgan fingerprint density at radius 3 is 2.70 bits per heavy atom. The molecule has 0 radical (unpaired) electrons. The van der Waals surface area contributed by atoms with Gasteiger partial charge < -0.3 is 9.47 Å². The molecule has 0 N–H and O–H groups in total. The van der Waals surface area contributed by atoms with Crippen molar-refractivity contribution in [3.05, 3.63) is 0 Å². The summed E-state index contributed by atoms with van der Waals surface area (Å²) in [4.78, 5) is 35.8. The van der Waals surface area contributed by atoms with Crippen molar-refractivity contribution in [1.29, 1.82) is 5.26 Å².